The van der Waals surface area contributed by atoms with Gasteiger partial charge in [-0.2, -0.15) is 0 Å². The Bertz CT molecular complexity index is 674. The van der Waals surface area contributed by atoms with Crippen LogP contribution < -0.4 is 9.47 Å². The first kappa shape index (κ1) is 23.8. The summed E-state index contributed by atoms with van der Waals surface area (Å²) >= 11 is 11.2. The summed E-state index contributed by atoms with van der Waals surface area (Å²) in [6.07, 6.45) is -1.35. The van der Waals surface area contributed by atoms with Gasteiger partial charge in [0, 0.05) is 5.41 Å². The average molecular weight is 441 g/mol. The minimum absolute atomic E-state index is 0.147. The number of aliphatic hydroxyl groups is 2. The van der Waals surface area contributed by atoms with Crippen molar-refractivity contribution in [2.75, 3.05) is 25.0 Å². The molecular formula is C23H30Cl2O4. The molecule has 0 radical (unpaired) electrons. The van der Waals surface area contributed by atoms with E-state index in [0.29, 0.717) is 17.4 Å². The Morgan fingerprint density at radius 3 is 1.38 bits per heavy atom. The molecule has 6 heteroatoms. The van der Waals surface area contributed by atoms with Gasteiger partial charge in [0.2, 0.25) is 0 Å². The minimum atomic E-state index is -0.677. The lowest BCUT2D eigenvalue weighted by molar-refractivity contribution is 0.125. The normalized spacial score (nSPS) is 15.6. The molecule has 4 nitrogen and oxygen atoms in total. The van der Waals surface area contributed by atoms with Crippen molar-refractivity contribution in [2.45, 2.75) is 38.4 Å². The van der Waals surface area contributed by atoms with E-state index in [9.17, 15) is 10.2 Å². The molecule has 2 unspecified atom stereocenters. The SMILES string of the molecule is CC(C)C(C)(c1ccc(OCC(O)CCl)cc1)c1ccc(OCC(O)CCl)cc1. The number of benzene rings is 2. The summed E-state index contributed by atoms with van der Waals surface area (Å²) in [5.41, 5.74) is 2.13. The number of alkyl halides is 2. The predicted octanol–water partition coefficient (Wildman–Crippen LogP) is 4.61. The predicted molar refractivity (Wildman–Crippen MR) is 119 cm³/mol. The molecule has 2 atom stereocenters. The van der Waals surface area contributed by atoms with Crippen molar-refractivity contribution in [1.82, 2.24) is 0 Å². The number of hydrogen-bond acceptors (Lipinski definition) is 4. The van der Waals surface area contributed by atoms with Crippen LogP contribution in [0.2, 0.25) is 0 Å². The quantitative estimate of drug-likeness (QED) is 0.501. The van der Waals surface area contributed by atoms with Gasteiger partial charge in [-0.15, -0.1) is 23.2 Å². The molecule has 0 fully saturated rings. The van der Waals surface area contributed by atoms with Crippen molar-refractivity contribution in [2.24, 2.45) is 5.92 Å². The van der Waals surface area contributed by atoms with Crippen molar-refractivity contribution in [3.8, 4) is 11.5 Å². The highest BCUT2D eigenvalue weighted by molar-refractivity contribution is 6.18. The summed E-state index contributed by atoms with van der Waals surface area (Å²) in [6.45, 7) is 6.96. The molecule has 2 rings (SSSR count). The minimum Gasteiger partial charge on any atom is -0.491 e. The lowest BCUT2D eigenvalue weighted by atomic mass is 9.68. The monoisotopic (exact) mass is 440 g/mol. The summed E-state index contributed by atoms with van der Waals surface area (Å²) in [4.78, 5) is 0. The maximum absolute atomic E-state index is 9.54. The van der Waals surface area contributed by atoms with Gasteiger partial charge in [-0.3, -0.25) is 0 Å². The van der Waals surface area contributed by atoms with Crippen molar-refractivity contribution in [3.05, 3.63) is 59.7 Å². The van der Waals surface area contributed by atoms with Gasteiger partial charge in [-0.05, 0) is 41.3 Å². The van der Waals surface area contributed by atoms with Crippen LogP contribution in [0.25, 0.3) is 0 Å². The first-order valence-electron chi connectivity index (χ1n) is 9.76. The third kappa shape index (κ3) is 6.26. The Morgan fingerprint density at radius 2 is 1.10 bits per heavy atom. The number of aliphatic hydroxyl groups excluding tert-OH is 2. The Labute approximate surface area is 183 Å². The molecule has 0 heterocycles. The fourth-order valence-corrected chi connectivity index (χ4v) is 3.28. The van der Waals surface area contributed by atoms with Crippen LogP contribution in [0.3, 0.4) is 0 Å². The summed E-state index contributed by atoms with van der Waals surface area (Å²) in [5, 5.41) is 19.1. The lowest BCUT2D eigenvalue weighted by Gasteiger charge is -2.35. The Morgan fingerprint density at radius 1 is 0.759 bits per heavy atom. The fourth-order valence-electron chi connectivity index (χ4n) is 3.10. The molecule has 0 aliphatic heterocycles. The first-order valence-corrected chi connectivity index (χ1v) is 10.8. The molecular weight excluding hydrogens is 411 g/mol. The van der Waals surface area contributed by atoms with Gasteiger partial charge in [0.1, 0.15) is 36.9 Å². The van der Waals surface area contributed by atoms with Crippen molar-refractivity contribution in [3.63, 3.8) is 0 Å². The van der Waals surface area contributed by atoms with Crippen LogP contribution in [0.15, 0.2) is 48.5 Å². The molecule has 0 aromatic heterocycles. The van der Waals surface area contributed by atoms with Gasteiger partial charge in [0.05, 0.1) is 11.8 Å². The van der Waals surface area contributed by atoms with E-state index < -0.39 is 12.2 Å². The maximum atomic E-state index is 9.54. The molecule has 0 aliphatic rings. The molecule has 0 bridgehead atoms. The van der Waals surface area contributed by atoms with Crippen molar-refractivity contribution >= 4 is 23.2 Å². The molecule has 0 aliphatic carbocycles. The second-order valence-corrected chi connectivity index (χ2v) is 8.26. The third-order valence-corrected chi connectivity index (χ3v) is 6.02. The van der Waals surface area contributed by atoms with E-state index >= 15 is 0 Å². The van der Waals surface area contributed by atoms with Crippen LogP contribution in [0.1, 0.15) is 31.9 Å². The van der Waals surface area contributed by atoms with Gasteiger partial charge in [0.25, 0.3) is 0 Å². The van der Waals surface area contributed by atoms with Gasteiger partial charge < -0.3 is 19.7 Å². The van der Waals surface area contributed by atoms with Crippen LogP contribution in [0.5, 0.6) is 11.5 Å². The van der Waals surface area contributed by atoms with Gasteiger partial charge in [-0.25, -0.2) is 0 Å². The fraction of sp³-hybridized carbons (Fsp3) is 0.478. The molecule has 0 saturated heterocycles. The lowest BCUT2D eigenvalue weighted by Crippen LogP contribution is -2.30. The van der Waals surface area contributed by atoms with Gasteiger partial charge in [0.15, 0.2) is 0 Å². The van der Waals surface area contributed by atoms with Gasteiger partial charge >= 0.3 is 0 Å². The second kappa shape index (κ2) is 11.1. The highest BCUT2D eigenvalue weighted by atomic mass is 35.5. The van der Waals surface area contributed by atoms with E-state index in [1.54, 1.807) is 0 Å². The molecule has 2 aromatic rings. The summed E-state index contributed by atoms with van der Waals surface area (Å²) in [5.74, 6) is 2.04. The van der Waals surface area contributed by atoms with E-state index in [0.717, 1.165) is 0 Å². The highest BCUT2D eigenvalue weighted by Gasteiger charge is 2.32. The standard InChI is InChI=1S/C23H30Cl2O4/c1-16(2)23(3,17-4-8-21(9-5-17)28-14-19(26)12-24)18-6-10-22(11-7-18)29-15-20(27)13-25/h4-11,16,19-20,26-27H,12-15H2,1-3H3. The Hall–Kier alpha value is -1.46. The Balaban J connectivity index is 2.18. The molecule has 2 N–H and O–H groups in total. The van der Waals surface area contributed by atoms with Crippen LogP contribution in [-0.2, 0) is 5.41 Å². The van der Waals surface area contributed by atoms with E-state index in [2.05, 4.69) is 45.0 Å². The first-order chi connectivity index (χ1) is 13.8. The summed E-state index contributed by atoms with van der Waals surface area (Å²) in [7, 11) is 0. The van der Waals surface area contributed by atoms with E-state index in [-0.39, 0.29) is 30.4 Å². The van der Waals surface area contributed by atoms with E-state index in [1.165, 1.54) is 11.1 Å². The average Bonchev–Trinajstić information content (AvgIpc) is 2.75. The number of ether oxygens (including phenoxy) is 2. The number of rotatable bonds is 11. The zero-order chi connectivity index (χ0) is 21.4. The second-order valence-electron chi connectivity index (χ2n) is 7.64. The van der Waals surface area contributed by atoms with Gasteiger partial charge in [-0.1, -0.05) is 45.0 Å². The van der Waals surface area contributed by atoms with Crippen LogP contribution in [0, 0.1) is 5.92 Å². The zero-order valence-electron chi connectivity index (χ0n) is 17.1. The molecule has 160 valence electrons. The summed E-state index contributed by atoms with van der Waals surface area (Å²) < 4.78 is 11.2. The smallest absolute Gasteiger partial charge is 0.119 e. The van der Waals surface area contributed by atoms with Crippen LogP contribution in [-0.4, -0.2) is 47.4 Å². The largest absolute Gasteiger partial charge is 0.491 e. The molecule has 29 heavy (non-hydrogen) atoms. The molecule has 2 aromatic carbocycles. The topological polar surface area (TPSA) is 58.9 Å². The third-order valence-electron chi connectivity index (χ3n) is 5.30. The van der Waals surface area contributed by atoms with Crippen molar-refractivity contribution in [1.29, 1.82) is 0 Å². The number of hydrogen-bond donors (Lipinski definition) is 2. The molecule has 0 spiro atoms. The molecule has 0 amide bonds. The zero-order valence-corrected chi connectivity index (χ0v) is 18.7. The van der Waals surface area contributed by atoms with Crippen LogP contribution in [0.4, 0.5) is 0 Å². The molecule has 0 saturated carbocycles. The van der Waals surface area contributed by atoms with E-state index in [4.69, 9.17) is 32.7 Å². The van der Waals surface area contributed by atoms with Crippen LogP contribution >= 0.6 is 23.2 Å². The maximum Gasteiger partial charge on any atom is 0.119 e. The van der Waals surface area contributed by atoms with E-state index in [1.807, 2.05) is 24.3 Å². The number of halogens is 2. The highest BCUT2D eigenvalue weighted by Crippen LogP contribution is 2.40. The van der Waals surface area contributed by atoms with Crippen molar-refractivity contribution < 1.29 is 19.7 Å². The Kier molecular flexibility index (Phi) is 9.09. The summed E-state index contributed by atoms with van der Waals surface area (Å²) in [6, 6.07) is 15.9.